The normalized spacial score (nSPS) is 17.6. The van der Waals surface area contributed by atoms with Crippen LogP contribution in [0.25, 0.3) is 0 Å². The molecule has 0 bridgehead atoms. The van der Waals surface area contributed by atoms with Crippen molar-refractivity contribution in [3.05, 3.63) is 23.9 Å². The van der Waals surface area contributed by atoms with Crippen LogP contribution in [0.15, 0.2) is 18.3 Å². The van der Waals surface area contributed by atoms with Gasteiger partial charge >= 0.3 is 0 Å². The number of pyridine rings is 1. The molecular formula is C16H27N3. The van der Waals surface area contributed by atoms with E-state index in [9.17, 15) is 0 Å². The summed E-state index contributed by atoms with van der Waals surface area (Å²) in [6.45, 7) is 5.49. The van der Waals surface area contributed by atoms with Gasteiger partial charge < -0.3 is 10.2 Å². The van der Waals surface area contributed by atoms with Crippen LogP contribution in [0.2, 0.25) is 0 Å². The van der Waals surface area contributed by atoms with Gasteiger partial charge in [0.05, 0.1) is 0 Å². The lowest BCUT2D eigenvalue weighted by molar-refractivity contribution is 0.569. The first-order valence-corrected chi connectivity index (χ1v) is 7.64. The lowest BCUT2D eigenvalue weighted by Crippen LogP contribution is -2.29. The predicted molar refractivity (Wildman–Crippen MR) is 81.6 cm³/mol. The second-order valence-electron chi connectivity index (χ2n) is 5.67. The van der Waals surface area contributed by atoms with Crippen molar-refractivity contribution < 1.29 is 0 Å². The van der Waals surface area contributed by atoms with E-state index < -0.39 is 0 Å². The first-order valence-electron chi connectivity index (χ1n) is 7.64. The quantitative estimate of drug-likeness (QED) is 0.849. The van der Waals surface area contributed by atoms with E-state index in [0.717, 1.165) is 12.4 Å². The summed E-state index contributed by atoms with van der Waals surface area (Å²) in [4.78, 5) is 6.91. The van der Waals surface area contributed by atoms with E-state index >= 15 is 0 Å². The van der Waals surface area contributed by atoms with Crippen molar-refractivity contribution in [2.24, 2.45) is 0 Å². The van der Waals surface area contributed by atoms with Crippen molar-refractivity contribution in [2.75, 3.05) is 18.5 Å². The van der Waals surface area contributed by atoms with Crippen LogP contribution in [0.1, 0.15) is 57.6 Å². The zero-order valence-corrected chi connectivity index (χ0v) is 12.5. The number of hydrogen-bond donors (Lipinski definition) is 1. The van der Waals surface area contributed by atoms with Crippen molar-refractivity contribution in [2.45, 2.75) is 58.0 Å². The molecule has 0 saturated heterocycles. The lowest BCUT2D eigenvalue weighted by atomic mass is 10.1. The number of aromatic nitrogens is 1. The monoisotopic (exact) mass is 261 g/mol. The topological polar surface area (TPSA) is 28.2 Å². The van der Waals surface area contributed by atoms with Crippen LogP contribution in [0, 0.1) is 0 Å². The fourth-order valence-corrected chi connectivity index (χ4v) is 2.85. The Morgan fingerprint density at radius 3 is 2.84 bits per heavy atom. The second-order valence-corrected chi connectivity index (χ2v) is 5.67. The molecule has 1 aromatic rings. The molecule has 3 heteroatoms. The fraction of sp³-hybridized carbons (Fsp3) is 0.688. The molecule has 19 heavy (non-hydrogen) atoms. The average molecular weight is 261 g/mol. The molecule has 0 aliphatic heterocycles. The molecule has 1 aliphatic carbocycles. The Kier molecular flexibility index (Phi) is 5.20. The highest BCUT2D eigenvalue weighted by Crippen LogP contribution is 2.27. The molecule has 1 saturated carbocycles. The molecule has 2 rings (SSSR count). The third-order valence-corrected chi connectivity index (χ3v) is 4.20. The smallest absolute Gasteiger partial charge is 0.128 e. The minimum atomic E-state index is 0.402. The van der Waals surface area contributed by atoms with E-state index in [1.807, 2.05) is 6.20 Å². The minimum absolute atomic E-state index is 0.402. The molecule has 106 valence electrons. The lowest BCUT2D eigenvalue weighted by Gasteiger charge is -2.26. The Hall–Kier alpha value is -1.09. The van der Waals surface area contributed by atoms with Gasteiger partial charge in [-0.05, 0) is 50.4 Å². The summed E-state index contributed by atoms with van der Waals surface area (Å²) in [5.41, 5.74) is 1.34. The van der Waals surface area contributed by atoms with Gasteiger partial charge in [0.2, 0.25) is 0 Å². The molecule has 0 radical (unpaired) electrons. The third kappa shape index (κ3) is 3.69. The SMILES string of the molecule is CCCNC(C)c1ccnc(N(C)C2CCCC2)c1. The van der Waals surface area contributed by atoms with E-state index in [-0.39, 0.29) is 0 Å². The molecule has 1 heterocycles. The minimum Gasteiger partial charge on any atom is -0.357 e. The first-order chi connectivity index (χ1) is 9.22. The Bertz CT molecular complexity index is 385. The predicted octanol–water partition coefficient (Wildman–Crippen LogP) is 3.52. The molecule has 0 amide bonds. The summed E-state index contributed by atoms with van der Waals surface area (Å²) >= 11 is 0. The van der Waals surface area contributed by atoms with E-state index in [1.165, 1.54) is 37.7 Å². The van der Waals surface area contributed by atoms with Gasteiger partial charge in [-0.1, -0.05) is 19.8 Å². The number of anilines is 1. The number of nitrogens with zero attached hydrogens (tertiary/aromatic N) is 2. The maximum absolute atomic E-state index is 4.54. The third-order valence-electron chi connectivity index (χ3n) is 4.20. The first kappa shape index (κ1) is 14.3. The van der Waals surface area contributed by atoms with Crippen LogP contribution in [0.4, 0.5) is 5.82 Å². The van der Waals surface area contributed by atoms with Crippen LogP contribution >= 0.6 is 0 Å². The highest BCUT2D eigenvalue weighted by molar-refractivity contribution is 5.42. The Morgan fingerprint density at radius 2 is 2.16 bits per heavy atom. The van der Waals surface area contributed by atoms with Gasteiger partial charge in [-0.2, -0.15) is 0 Å². The van der Waals surface area contributed by atoms with Gasteiger partial charge in [-0.15, -0.1) is 0 Å². The van der Waals surface area contributed by atoms with Crippen molar-refractivity contribution >= 4 is 5.82 Å². The van der Waals surface area contributed by atoms with Gasteiger partial charge in [0.15, 0.2) is 0 Å². The molecule has 1 unspecified atom stereocenters. The molecule has 1 N–H and O–H groups in total. The number of hydrogen-bond acceptors (Lipinski definition) is 3. The Morgan fingerprint density at radius 1 is 1.42 bits per heavy atom. The van der Waals surface area contributed by atoms with E-state index in [2.05, 4.69) is 48.2 Å². The Balaban J connectivity index is 2.05. The van der Waals surface area contributed by atoms with Crippen molar-refractivity contribution in [1.29, 1.82) is 0 Å². The maximum Gasteiger partial charge on any atom is 0.128 e. The fourth-order valence-electron chi connectivity index (χ4n) is 2.85. The van der Waals surface area contributed by atoms with Gasteiger partial charge in [-0.25, -0.2) is 4.98 Å². The summed E-state index contributed by atoms with van der Waals surface area (Å²) in [6, 6.07) is 5.45. The standard InChI is InChI=1S/C16H27N3/c1-4-10-17-13(2)14-9-11-18-16(12-14)19(3)15-7-5-6-8-15/h9,11-13,15,17H,4-8,10H2,1-3H3. The van der Waals surface area contributed by atoms with Crippen LogP contribution in [-0.4, -0.2) is 24.6 Å². The molecule has 3 nitrogen and oxygen atoms in total. The van der Waals surface area contributed by atoms with Crippen LogP contribution in [-0.2, 0) is 0 Å². The zero-order valence-electron chi connectivity index (χ0n) is 12.5. The average Bonchev–Trinajstić information content (AvgIpc) is 2.98. The van der Waals surface area contributed by atoms with E-state index in [1.54, 1.807) is 0 Å². The summed E-state index contributed by atoms with van der Waals surface area (Å²) in [7, 11) is 2.19. The largest absolute Gasteiger partial charge is 0.357 e. The van der Waals surface area contributed by atoms with Crippen molar-refractivity contribution in [3.63, 3.8) is 0 Å². The summed E-state index contributed by atoms with van der Waals surface area (Å²) in [5, 5.41) is 3.54. The molecular weight excluding hydrogens is 234 g/mol. The van der Waals surface area contributed by atoms with E-state index in [4.69, 9.17) is 0 Å². The Labute approximate surface area is 117 Å². The molecule has 0 aromatic carbocycles. The highest BCUT2D eigenvalue weighted by Gasteiger charge is 2.20. The van der Waals surface area contributed by atoms with Crippen LogP contribution in [0.5, 0.6) is 0 Å². The zero-order chi connectivity index (χ0) is 13.7. The number of rotatable bonds is 6. The van der Waals surface area contributed by atoms with Crippen LogP contribution in [0.3, 0.4) is 0 Å². The van der Waals surface area contributed by atoms with Gasteiger partial charge in [0.1, 0.15) is 5.82 Å². The van der Waals surface area contributed by atoms with E-state index in [0.29, 0.717) is 12.1 Å². The van der Waals surface area contributed by atoms with Crippen LogP contribution < -0.4 is 10.2 Å². The number of nitrogens with one attached hydrogen (secondary N) is 1. The van der Waals surface area contributed by atoms with Gasteiger partial charge in [0.25, 0.3) is 0 Å². The summed E-state index contributed by atoms with van der Waals surface area (Å²) in [5.74, 6) is 1.12. The molecule has 1 aliphatic rings. The molecule has 1 aromatic heterocycles. The highest BCUT2D eigenvalue weighted by atomic mass is 15.2. The van der Waals surface area contributed by atoms with Gasteiger partial charge in [-0.3, -0.25) is 0 Å². The van der Waals surface area contributed by atoms with Crippen molar-refractivity contribution in [1.82, 2.24) is 10.3 Å². The van der Waals surface area contributed by atoms with Crippen molar-refractivity contribution in [3.8, 4) is 0 Å². The summed E-state index contributed by atoms with van der Waals surface area (Å²) in [6.07, 6.45) is 8.47. The molecule has 1 atom stereocenters. The molecule has 1 fully saturated rings. The maximum atomic E-state index is 4.54. The molecule has 0 spiro atoms. The second kappa shape index (κ2) is 6.90. The van der Waals surface area contributed by atoms with Gasteiger partial charge in [0, 0.05) is 25.3 Å². The summed E-state index contributed by atoms with van der Waals surface area (Å²) < 4.78 is 0.